The van der Waals surface area contributed by atoms with Crippen molar-refractivity contribution in [1.29, 1.82) is 0 Å². The lowest BCUT2D eigenvalue weighted by molar-refractivity contribution is 0.101. The Morgan fingerprint density at radius 2 is 1.61 bits per heavy atom. The van der Waals surface area contributed by atoms with Crippen LogP contribution in [0, 0.1) is 0 Å². The standard InChI is InChI=1S/C24H18BrNO5/c1-29-16-10-7-14(8-11-16)24(28)26-21-17-5-3-4-6-19(17)31-23(21)22(27)15-9-12-20(30-2)18(25)13-15/h3-13H,1-2H3,(H,26,28). The maximum atomic E-state index is 13.3. The third-order valence-corrected chi connectivity index (χ3v) is 5.43. The predicted octanol–water partition coefficient (Wildman–Crippen LogP) is 5.70. The van der Waals surface area contributed by atoms with Crippen LogP contribution in [0.5, 0.6) is 11.5 Å². The van der Waals surface area contributed by atoms with Crippen molar-refractivity contribution in [2.24, 2.45) is 0 Å². The van der Waals surface area contributed by atoms with Crippen LogP contribution in [0.4, 0.5) is 5.69 Å². The quantitative estimate of drug-likeness (QED) is 0.359. The molecule has 31 heavy (non-hydrogen) atoms. The molecule has 0 spiro atoms. The Bertz CT molecular complexity index is 1280. The van der Waals surface area contributed by atoms with Gasteiger partial charge in [-0.1, -0.05) is 12.1 Å². The average molecular weight is 480 g/mol. The fourth-order valence-electron chi connectivity index (χ4n) is 3.20. The molecule has 7 heteroatoms. The maximum absolute atomic E-state index is 13.3. The molecule has 6 nitrogen and oxygen atoms in total. The zero-order valence-corrected chi connectivity index (χ0v) is 18.4. The highest BCUT2D eigenvalue weighted by atomic mass is 79.9. The monoisotopic (exact) mass is 479 g/mol. The SMILES string of the molecule is COc1ccc(C(=O)Nc2c(C(=O)c3ccc(OC)c(Br)c3)oc3ccccc23)cc1. The molecule has 1 heterocycles. The largest absolute Gasteiger partial charge is 0.497 e. The molecule has 0 fully saturated rings. The number of hydrogen-bond acceptors (Lipinski definition) is 5. The summed E-state index contributed by atoms with van der Waals surface area (Å²) in [5, 5.41) is 3.48. The van der Waals surface area contributed by atoms with Crippen molar-refractivity contribution in [1.82, 2.24) is 0 Å². The maximum Gasteiger partial charge on any atom is 0.255 e. The zero-order chi connectivity index (χ0) is 22.0. The molecule has 0 radical (unpaired) electrons. The van der Waals surface area contributed by atoms with E-state index in [1.165, 1.54) is 0 Å². The number of nitrogens with one attached hydrogen (secondary N) is 1. The lowest BCUT2D eigenvalue weighted by Gasteiger charge is -2.08. The van der Waals surface area contributed by atoms with Crippen LogP contribution in [0.25, 0.3) is 11.0 Å². The molecule has 0 atom stereocenters. The summed E-state index contributed by atoms with van der Waals surface area (Å²) in [5.74, 6) is 0.587. The Labute approximate surface area is 186 Å². The van der Waals surface area contributed by atoms with Gasteiger partial charge in [0.1, 0.15) is 17.1 Å². The summed E-state index contributed by atoms with van der Waals surface area (Å²) in [7, 11) is 3.11. The Balaban J connectivity index is 1.74. The van der Waals surface area contributed by atoms with Gasteiger partial charge in [-0.15, -0.1) is 0 Å². The Morgan fingerprint density at radius 3 is 2.29 bits per heavy atom. The molecule has 0 aliphatic carbocycles. The fourth-order valence-corrected chi connectivity index (χ4v) is 3.74. The number of ether oxygens (including phenoxy) is 2. The first-order valence-corrected chi connectivity index (χ1v) is 10.2. The molecule has 4 aromatic rings. The van der Waals surface area contributed by atoms with Crippen LogP contribution in [-0.2, 0) is 0 Å². The van der Waals surface area contributed by atoms with Crippen LogP contribution in [0.3, 0.4) is 0 Å². The number of carbonyl (C=O) groups is 2. The van der Waals surface area contributed by atoms with E-state index < -0.39 is 0 Å². The molecule has 0 saturated carbocycles. The summed E-state index contributed by atoms with van der Waals surface area (Å²) >= 11 is 3.40. The van der Waals surface area contributed by atoms with Gasteiger partial charge in [-0.2, -0.15) is 0 Å². The fraction of sp³-hybridized carbons (Fsp3) is 0.0833. The van der Waals surface area contributed by atoms with Gasteiger partial charge < -0.3 is 19.2 Å². The van der Waals surface area contributed by atoms with Crippen LogP contribution >= 0.6 is 15.9 Å². The molecular weight excluding hydrogens is 462 g/mol. The van der Waals surface area contributed by atoms with Gasteiger partial charge in [0.25, 0.3) is 5.91 Å². The summed E-state index contributed by atoms with van der Waals surface area (Å²) in [4.78, 5) is 26.1. The van der Waals surface area contributed by atoms with Gasteiger partial charge in [0, 0.05) is 16.5 Å². The summed E-state index contributed by atoms with van der Waals surface area (Å²) in [6.45, 7) is 0. The number of halogens is 1. The molecule has 0 bridgehead atoms. The number of amides is 1. The Hall–Kier alpha value is -3.58. The number of hydrogen-bond donors (Lipinski definition) is 1. The molecule has 0 unspecified atom stereocenters. The van der Waals surface area contributed by atoms with Gasteiger partial charge in [-0.25, -0.2) is 0 Å². The van der Waals surface area contributed by atoms with E-state index in [4.69, 9.17) is 13.9 Å². The zero-order valence-electron chi connectivity index (χ0n) is 16.8. The van der Waals surface area contributed by atoms with E-state index >= 15 is 0 Å². The smallest absolute Gasteiger partial charge is 0.255 e. The van der Waals surface area contributed by atoms with E-state index in [9.17, 15) is 9.59 Å². The lowest BCUT2D eigenvalue weighted by Crippen LogP contribution is -2.14. The molecule has 1 amide bonds. The van der Waals surface area contributed by atoms with Gasteiger partial charge in [-0.3, -0.25) is 9.59 Å². The molecule has 0 saturated heterocycles. The minimum Gasteiger partial charge on any atom is -0.497 e. The Morgan fingerprint density at radius 1 is 0.903 bits per heavy atom. The van der Waals surface area contributed by atoms with Crippen molar-refractivity contribution in [3.63, 3.8) is 0 Å². The number of para-hydroxylation sites is 1. The molecule has 156 valence electrons. The van der Waals surface area contributed by atoms with E-state index in [0.717, 1.165) is 0 Å². The van der Waals surface area contributed by atoms with Crippen LogP contribution in [0.1, 0.15) is 26.5 Å². The lowest BCUT2D eigenvalue weighted by atomic mass is 10.1. The highest BCUT2D eigenvalue weighted by Crippen LogP contribution is 2.34. The molecule has 4 rings (SSSR count). The number of methoxy groups -OCH3 is 2. The molecule has 3 aromatic carbocycles. The normalized spacial score (nSPS) is 10.7. The third kappa shape index (κ3) is 4.04. The number of anilines is 1. The van der Waals surface area contributed by atoms with Gasteiger partial charge in [0.15, 0.2) is 5.76 Å². The molecule has 1 aromatic heterocycles. The van der Waals surface area contributed by atoms with Crippen LogP contribution < -0.4 is 14.8 Å². The molecule has 0 aliphatic heterocycles. The first kappa shape index (κ1) is 20.7. The molecule has 1 N–H and O–H groups in total. The van der Waals surface area contributed by atoms with Crippen LogP contribution in [-0.4, -0.2) is 25.9 Å². The summed E-state index contributed by atoms with van der Waals surface area (Å²) < 4.78 is 16.9. The number of fused-ring (bicyclic) bond motifs is 1. The Kier molecular flexibility index (Phi) is 5.77. The average Bonchev–Trinajstić information content (AvgIpc) is 3.16. The first-order valence-electron chi connectivity index (χ1n) is 9.37. The van der Waals surface area contributed by atoms with Crippen molar-refractivity contribution in [3.8, 4) is 11.5 Å². The van der Waals surface area contributed by atoms with Crippen molar-refractivity contribution in [3.05, 3.63) is 88.1 Å². The second-order valence-corrected chi connectivity index (χ2v) is 7.52. The van der Waals surface area contributed by atoms with E-state index in [1.54, 1.807) is 74.9 Å². The highest BCUT2D eigenvalue weighted by molar-refractivity contribution is 9.10. The van der Waals surface area contributed by atoms with Crippen LogP contribution in [0.15, 0.2) is 75.6 Å². The van der Waals surface area contributed by atoms with Gasteiger partial charge in [-0.05, 0) is 70.5 Å². The van der Waals surface area contributed by atoms with Gasteiger partial charge in [0.2, 0.25) is 5.78 Å². The van der Waals surface area contributed by atoms with Crippen molar-refractivity contribution < 1.29 is 23.5 Å². The van der Waals surface area contributed by atoms with Crippen molar-refractivity contribution >= 4 is 44.3 Å². The number of furan rings is 1. The van der Waals surface area contributed by atoms with Gasteiger partial charge >= 0.3 is 0 Å². The van der Waals surface area contributed by atoms with Crippen molar-refractivity contribution in [2.75, 3.05) is 19.5 Å². The van der Waals surface area contributed by atoms with E-state index in [2.05, 4.69) is 21.2 Å². The highest BCUT2D eigenvalue weighted by Gasteiger charge is 2.24. The summed E-state index contributed by atoms with van der Waals surface area (Å²) in [6.07, 6.45) is 0. The third-order valence-electron chi connectivity index (χ3n) is 4.81. The first-order chi connectivity index (χ1) is 15.0. The summed E-state index contributed by atoms with van der Waals surface area (Å²) in [5.41, 5.74) is 1.65. The second-order valence-electron chi connectivity index (χ2n) is 6.66. The van der Waals surface area contributed by atoms with Crippen molar-refractivity contribution in [2.45, 2.75) is 0 Å². The number of ketones is 1. The molecular formula is C24H18BrNO5. The topological polar surface area (TPSA) is 77.8 Å². The van der Waals surface area contributed by atoms with E-state index in [0.29, 0.717) is 43.8 Å². The number of rotatable bonds is 6. The minimum atomic E-state index is -0.362. The molecule has 0 aliphatic rings. The second kappa shape index (κ2) is 8.65. The van der Waals surface area contributed by atoms with Crippen LogP contribution in [0.2, 0.25) is 0 Å². The van der Waals surface area contributed by atoms with E-state index in [1.807, 2.05) is 6.07 Å². The summed E-state index contributed by atoms with van der Waals surface area (Å²) in [6, 6.07) is 18.9. The van der Waals surface area contributed by atoms with E-state index in [-0.39, 0.29) is 17.5 Å². The number of benzene rings is 3. The minimum absolute atomic E-state index is 0.0557. The van der Waals surface area contributed by atoms with Gasteiger partial charge in [0.05, 0.1) is 24.4 Å². The predicted molar refractivity (Wildman–Crippen MR) is 121 cm³/mol. The number of carbonyl (C=O) groups excluding carboxylic acids is 2.